The minimum atomic E-state index is -4.05. The molecule has 276 valence electrons. The molecule has 54 heavy (non-hydrogen) atoms. The molecule has 2 aromatic heterocycles. The van der Waals surface area contributed by atoms with Crippen molar-refractivity contribution < 1.29 is 44.7 Å². The zero-order chi connectivity index (χ0) is 38.4. The summed E-state index contributed by atoms with van der Waals surface area (Å²) in [6.45, 7) is -0.807. The molecule has 1 aliphatic carbocycles. The first-order valence-corrected chi connectivity index (χ1v) is 16.7. The lowest BCUT2D eigenvalue weighted by Gasteiger charge is -2.29. The molecule has 1 atom stereocenters. The van der Waals surface area contributed by atoms with Gasteiger partial charge in [-0.05, 0) is 59.4 Å². The first kappa shape index (κ1) is 36.4. The topological polar surface area (TPSA) is 89.8 Å². The zero-order valence-electron chi connectivity index (χ0n) is 28.0. The Balaban J connectivity index is 1.34. The smallest absolute Gasteiger partial charge is 0.290 e. The van der Waals surface area contributed by atoms with E-state index >= 15 is 8.78 Å². The molecule has 3 aromatic carbocycles. The third kappa shape index (κ3) is 7.33. The summed E-state index contributed by atoms with van der Waals surface area (Å²) in [5.41, 5.74) is -2.02. The van der Waals surface area contributed by atoms with Crippen molar-refractivity contribution in [1.29, 1.82) is 0 Å². The average Bonchev–Trinajstić information content (AvgIpc) is 3.71. The molecule has 0 bridgehead atoms. The van der Waals surface area contributed by atoms with Gasteiger partial charge in [-0.1, -0.05) is 36.3 Å². The van der Waals surface area contributed by atoms with E-state index in [1.165, 1.54) is 6.20 Å². The van der Waals surface area contributed by atoms with Crippen molar-refractivity contribution >= 4 is 11.7 Å². The number of hydrogen-bond donors (Lipinski definition) is 1. The lowest BCUT2D eigenvalue weighted by Crippen LogP contribution is -2.33. The van der Waals surface area contributed by atoms with E-state index in [2.05, 4.69) is 32.2 Å². The summed E-state index contributed by atoms with van der Waals surface area (Å²) in [5.74, 6) is -6.53. The number of hydrogen-bond acceptors (Lipinski definition) is 5. The number of carbonyl (C=O) groups is 2. The molecule has 2 aliphatic rings. The SMILES string of the molecule is O=C(C[C@@H](Cc1cc(F)cc(F)c1)c1nc(C#Cc2ccccc2)ncc1-c1ccc2c(c1)C(=O)NC2)Cn1nc(C(F)F)c2c1C(F)(F)CCC2(F)F. The van der Waals surface area contributed by atoms with Gasteiger partial charge in [0.1, 0.15) is 29.6 Å². The van der Waals surface area contributed by atoms with Gasteiger partial charge in [0.05, 0.1) is 11.3 Å². The maximum absolute atomic E-state index is 15.1. The minimum Gasteiger partial charge on any atom is -0.348 e. The molecule has 7 rings (SSSR count). The van der Waals surface area contributed by atoms with Gasteiger partial charge in [-0.2, -0.15) is 13.9 Å². The van der Waals surface area contributed by atoms with Gasteiger partial charge in [0.25, 0.3) is 24.2 Å². The molecule has 15 heteroatoms. The molecular formula is C39H27F8N5O2. The minimum absolute atomic E-state index is 0.0241. The van der Waals surface area contributed by atoms with Crippen LogP contribution in [0.2, 0.25) is 0 Å². The number of rotatable bonds is 9. The summed E-state index contributed by atoms with van der Waals surface area (Å²) >= 11 is 0. The molecule has 0 unspecified atom stereocenters. The fourth-order valence-electron chi connectivity index (χ4n) is 6.84. The number of nitrogens with one attached hydrogen (secondary N) is 1. The van der Waals surface area contributed by atoms with E-state index in [0.717, 1.165) is 12.1 Å². The third-order valence-electron chi connectivity index (χ3n) is 9.26. The second-order valence-corrected chi connectivity index (χ2v) is 13.1. The highest BCUT2D eigenvalue weighted by Gasteiger charge is 2.55. The molecule has 0 saturated carbocycles. The summed E-state index contributed by atoms with van der Waals surface area (Å²) in [6, 6.07) is 16.5. The Morgan fingerprint density at radius 1 is 0.889 bits per heavy atom. The normalized spacial score (nSPS) is 15.9. The number of carbonyl (C=O) groups excluding carboxylic acids is 2. The highest BCUT2D eigenvalue weighted by atomic mass is 19.3. The monoisotopic (exact) mass is 749 g/mol. The van der Waals surface area contributed by atoms with Gasteiger partial charge < -0.3 is 5.32 Å². The Bertz CT molecular complexity index is 2330. The van der Waals surface area contributed by atoms with Gasteiger partial charge in [-0.3, -0.25) is 14.3 Å². The number of Topliss-reactive ketones (excluding diaryl/α,β-unsaturated/α-hetero) is 1. The predicted molar refractivity (Wildman–Crippen MR) is 178 cm³/mol. The summed E-state index contributed by atoms with van der Waals surface area (Å²) in [5, 5.41) is 6.10. The van der Waals surface area contributed by atoms with Gasteiger partial charge in [0.2, 0.25) is 5.82 Å². The summed E-state index contributed by atoms with van der Waals surface area (Å²) in [7, 11) is 0. The maximum Gasteiger partial charge on any atom is 0.290 e. The molecule has 1 amide bonds. The van der Waals surface area contributed by atoms with E-state index in [9.17, 15) is 35.9 Å². The van der Waals surface area contributed by atoms with Crippen molar-refractivity contribution in [2.75, 3.05) is 0 Å². The summed E-state index contributed by atoms with van der Waals surface area (Å²) < 4.78 is 117. The highest BCUT2D eigenvalue weighted by Crippen LogP contribution is 2.52. The van der Waals surface area contributed by atoms with E-state index in [1.807, 2.05) is 0 Å². The number of amides is 1. The van der Waals surface area contributed by atoms with E-state index in [-0.39, 0.29) is 34.1 Å². The maximum atomic E-state index is 15.1. The van der Waals surface area contributed by atoms with Crippen LogP contribution in [0, 0.1) is 23.5 Å². The van der Waals surface area contributed by atoms with Gasteiger partial charge in [-0.25, -0.2) is 36.3 Å². The molecular weight excluding hydrogens is 722 g/mol. The van der Waals surface area contributed by atoms with Gasteiger partial charge in [0, 0.05) is 60.7 Å². The van der Waals surface area contributed by atoms with Crippen molar-refractivity contribution in [3.63, 3.8) is 0 Å². The lowest BCUT2D eigenvalue weighted by atomic mass is 9.86. The summed E-state index contributed by atoms with van der Waals surface area (Å²) in [6.07, 6.45) is -5.88. The van der Waals surface area contributed by atoms with Crippen LogP contribution in [0.5, 0.6) is 0 Å². The average molecular weight is 750 g/mol. The van der Waals surface area contributed by atoms with E-state index in [4.69, 9.17) is 0 Å². The molecule has 0 radical (unpaired) electrons. The second kappa shape index (κ2) is 14.1. The van der Waals surface area contributed by atoms with Crippen LogP contribution in [0.15, 0.2) is 72.9 Å². The van der Waals surface area contributed by atoms with Crippen LogP contribution < -0.4 is 5.32 Å². The van der Waals surface area contributed by atoms with E-state index in [1.54, 1.807) is 48.5 Å². The Kier molecular flexibility index (Phi) is 9.55. The van der Waals surface area contributed by atoms with Crippen molar-refractivity contribution in [2.45, 2.75) is 63.0 Å². The Morgan fingerprint density at radius 2 is 1.61 bits per heavy atom. The summed E-state index contributed by atoms with van der Waals surface area (Å²) in [4.78, 5) is 35.4. The molecule has 3 heterocycles. The van der Waals surface area contributed by atoms with Gasteiger partial charge >= 0.3 is 0 Å². The zero-order valence-corrected chi connectivity index (χ0v) is 28.0. The number of alkyl halides is 6. The molecule has 5 aromatic rings. The van der Waals surface area contributed by atoms with Gasteiger partial charge in [0.15, 0.2) is 5.78 Å². The molecule has 0 saturated heterocycles. The first-order chi connectivity index (χ1) is 25.7. The van der Waals surface area contributed by atoms with Crippen LogP contribution in [-0.4, -0.2) is 31.4 Å². The number of halogens is 8. The van der Waals surface area contributed by atoms with Crippen LogP contribution in [0.25, 0.3) is 11.1 Å². The van der Waals surface area contributed by atoms with Crippen molar-refractivity contribution in [2.24, 2.45) is 0 Å². The van der Waals surface area contributed by atoms with Crippen LogP contribution in [-0.2, 0) is 36.1 Å². The second-order valence-electron chi connectivity index (χ2n) is 13.1. The van der Waals surface area contributed by atoms with Crippen LogP contribution >= 0.6 is 0 Å². The fourth-order valence-corrected chi connectivity index (χ4v) is 6.84. The molecule has 7 nitrogen and oxygen atoms in total. The number of benzene rings is 3. The third-order valence-corrected chi connectivity index (χ3v) is 9.26. The fraction of sp³-hybridized carbons (Fsp3) is 0.256. The Labute approximate surface area is 302 Å². The molecule has 1 N–H and O–H groups in total. The van der Waals surface area contributed by atoms with Crippen LogP contribution in [0.3, 0.4) is 0 Å². The standard InChI is InChI=1S/C39H27F8N5O2/c40-26-13-22(14-27(41)17-26)12-25(15-28(53)20-52-35-32(34(51-52)36(42)43)38(44,45)10-11-39(35,46)47)33-30(23-7-8-24-18-49-37(54)29(24)16-23)19-48-31(50-33)9-6-21-4-2-1-3-5-21/h1-5,7-8,13-14,16-17,19,25,36H,10-12,15,18,20H2,(H,49,54)/t25-/m1/s1. The number of aromatic nitrogens is 4. The van der Waals surface area contributed by atoms with Crippen LogP contribution in [0.1, 0.15) is 87.1 Å². The molecule has 0 spiro atoms. The van der Waals surface area contributed by atoms with E-state index < -0.39 is 84.4 Å². The number of nitrogens with zero attached hydrogens (tertiary/aromatic N) is 4. The van der Waals surface area contributed by atoms with Crippen molar-refractivity contribution in [3.8, 4) is 23.0 Å². The number of fused-ring (bicyclic) bond motifs is 2. The Morgan fingerprint density at radius 3 is 2.33 bits per heavy atom. The number of ketones is 1. The van der Waals surface area contributed by atoms with Crippen molar-refractivity contribution in [3.05, 3.63) is 135 Å². The molecule has 1 aliphatic heterocycles. The van der Waals surface area contributed by atoms with Gasteiger partial charge in [-0.15, -0.1) is 0 Å². The van der Waals surface area contributed by atoms with E-state index in [0.29, 0.717) is 40.4 Å². The lowest BCUT2D eigenvalue weighted by molar-refractivity contribution is -0.121. The van der Waals surface area contributed by atoms with Crippen LogP contribution in [0.4, 0.5) is 35.1 Å². The quantitative estimate of drug-likeness (QED) is 0.121. The largest absolute Gasteiger partial charge is 0.348 e. The Hall–Kier alpha value is -5.91. The highest BCUT2D eigenvalue weighted by molar-refractivity contribution is 5.99. The van der Waals surface area contributed by atoms with Crippen molar-refractivity contribution in [1.82, 2.24) is 25.1 Å². The predicted octanol–water partition coefficient (Wildman–Crippen LogP) is 8.16. The first-order valence-electron chi connectivity index (χ1n) is 16.7. The molecule has 0 fully saturated rings.